The third kappa shape index (κ3) is 4.07. The number of nitrogens with zero attached hydrogens (tertiary/aromatic N) is 2. The van der Waals surface area contributed by atoms with Gasteiger partial charge in [0.2, 0.25) is 5.91 Å². The molecular weight excluding hydrogens is 330 g/mol. The van der Waals surface area contributed by atoms with Crippen molar-refractivity contribution in [1.29, 1.82) is 0 Å². The van der Waals surface area contributed by atoms with Crippen molar-refractivity contribution in [1.82, 2.24) is 14.9 Å². The van der Waals surface area contributed by atoms with Gasteiger partial charge >= 0.3 is 0 Å². The van der Waals surface area contributed by atoms with Crippen LogP contribution in [0, 0.1) is 5.92 Å². The largest absolute Gasteiger partial charge is 0.497 e. The monoisotopic (exact) mass is 355 g/mol. The summed E-state index contributed by atoms with van der Waals surface area (Å²) in [6.07, 6.45) is 10.4. The van der Waals surface area contributed by atoms with Crippen LogP contribution < -0.4 is 14.8 Å². The SMILES string of the molecule is COc1cc(OC)cc([C@H](NC(=O)C[C@@H]2C=CCC2)c2nccn2C)c1. The van der Waals surface area contributed by atoms with Crippen molar-refractivity contribution in [3.8, 4) is 11.5 Å². The number of rotatable bonds is 7. The maximum absolute atomic E-state index is 12.7. The van der Waals surface area contributed by atoms with Gasteiger partial charge in [-0.1, -0.05) is 12.2 Å². The molecule has 2 aromatic rings. The number of methoxy groups -OCH3 is 2. The van der Waals surface area contributed by atoms with Crippen molar-refractivity contribution in [2.24, 2.45) is 13.0 Å². The Labute approximate surface area is 153 Å². The molecule has 0 fully saturated rings. The summed E-state index contributed by atoms with van der Waals surface area (Å²) in [6.45, 7) is 0. The molecule has 0 aliphatic heterocycles. The van der Waals surface area contributed by atoms with Crippen molar-refractivity contribution in [3.05, 3.63) is 54.1 Å². The number of carbonyl (C=O) groups is 1. The van der Waals surface area contributed by atoms with Crippen LogP contribution >= 0.6 is 0 Å². The maximum atomic E-state index is 12.7. The third-order valence-corrected chi connectivity index (χ3v) is 4.69. The van der Waals surface area contributed by atoms with Crippen LogP contribution in [0.2, 0.25) is 0 Å². The number of aryl methyl sites for hydroxylation is 1. The lowest BCUT2D eigenvalue weighted by Crippen LogP contribution is -2.32. The average Bonchev–Trinajstić information content (AvgIpc) is 3.30. The number of hydrogen-bond donors (Lipinski definition) is 1. The highest BCUT2D eigenvalue weighted by Crippen LogP contribution is 2.30. The van der Waals surface area contributed by atoms with Gasteiger partial charge in [0.1, 0.15) is 23.4 Å². The first-order valence-corrected chi connectivity index (χ1v) is 8.77. The Balaban J connectivity index is 1.90. The van der Waals surface area contributed by atoms with Crippen molar-refractivity contribution >= 4 is 5.91 Å². The highest BCUT2D eigenvalue weighted by atomic mass is 16.5. The quantitative estimate of drug-likeness (QED) is 0.776. The Morgan fingerprint density at radius 2 is 2.04 bits per heavy atom. The smallest absolute Gasteiger partial charge is 0.221 e. The van der Waals surface area contributed by atoms with Crippen LogP contribution in [0.3, 0.4) is 0 Å². The van der Waals surface area contributed by atoms with E-state index >= 15 is 0 Å². The minimum atomic E-state index is -0.378. The van der Waals surface area contributed by atoms with Crippen LogP contribution in [0.1, 0.15) is 36.7 Å². The number of ether oxygens (including phenoxy) is 2. The predicted molar refractivity (Wildman–Crippen MR) is 99.2 cm³/mol. The number of benzene rings is 1. The Kier molecular flexibility index (Phi) is 5.61. The molecule has 26 heavy (non-hydrogen) atoms. The van der Waals surface area contributed by atoms with E-state index in [1.54, 1.807) is 20.4 Å². The van der Waals surface area contributed by atoms with Gasteiger partial charge in [-0.05, 0) is 36.5 Å². The first-order valence-electron chi connectivity index (χ1n) is 8.77. The van der Waals surface area contributed by atoms with Crippen LogP contribution in [-0.2, 0) is 11.8 Å². The van der Waals surface area contributed by atoms with Crippen molar-refractivity contribution in [3.63, 3.8) is 0 Å². The molecule has 1 N–H and O–H groups in total. The van der Waals surface area contributed by atoms with Crippen LogP contribution in [0.4, 0.5) is 0 Å². The molecule has 0 saturated heterocycles. The van der Waals surface area contributed by atoms with Gasteiger partial charge in [-0.15, -0.1) is 0 Å². The van der Waals surface area contributed by atoms with Crippen LogP contribution in [-0.4, -0.2) is 29.7 Å². The zero-order valence-corrected chi connectivity index (χ0v) is 15.4. The van der Waals surface area contributed by atoms with Gasteiger partial charge in [0.15, 0.2) is 0 Å². The van der Waals surface area contributed by atoms with Gasteiger partial charge in [0.05, 0.1) is 14.2 Å². The molecule has 2 atom stereocenters. The Hall–Kier alpha value is -2.76. The Morgan fingerprint density at radius 1 is 1.31 bits per heavy atom. The molecule has 3 rings (SSSR count). The number of amides is 1. The zero-order chi connectivity index (χ0) is 18.5. The second-order valence-electron chi connectivity index (χ2n) is 6.51. The average molecular weight is 355 g/mol. The third-order valence-electron chi connectivity index (χ3n) is 4.69. The summed E-state index contributed by atoms with van der Waals surface area (Å²) in [6, 6.07) is 5.23. The lowest BCUT2D eigenvalue weighted by Gasteiger charge is -2.21. The highest BCUT2D eigenvalue weighted by Gasteiger charge is 2.24. The number of aromatic nitrogens is 2. The Morgan fingerprint density at radius 3 is 2.58 bits per heavy atom. The standard InChI is InChI=1S/C20H25N3O3/c1-23-9-8-21-20(23)19(22-18(24)10-14-6-4-5-7-14)15-11-16(25-2)13-17(12-15)26-3/h4,6,8-9,11-14,19H,5,7,10H2,1-3H3,(H,22,24)/t14-,19+/m1/s1. The van der Waals surface area contributed by atoms with Crippen molar-refractivity contribution < 1.29 is 14.3 Å². The van der Waals surface area contributed by atoms with Crippen LogP contribution in [0.15, 0.2) is 42.7 Å². The lowest BCUT2D eigenvalue weighted by atomic mass is 10.0. The molecular formula is C20H25N3O3. The molecule has 6 nitrogen and oxygen atoms in total. The molecule has 1 aliphatic rings. The highest BCUT2D eigenvalue weighted by molar-refractivity contribution is 5.77. The molecule has 0 saturated carbocycles. The van der Waals surface area contributed by atoms with Crippen molar-refractivity contribution in [2.75, 3.05) is 14.2 Å². The summed E-state index contributed by atoms with van der Waals surface area (Å²) >= 11 is 0. The fraction of sp³-hybridized carbons (Fsp3) is 0.400. The van der Waals surface area contributed by atoms with E-state index in [9.17, 15) is 4.79 Å². The summed E-state index contributed by atoms with van der Waals surface area (Å²) < 4.78 is 12.7. The normalized spacial score (nSPS) is 17.1. The number of hydrogen-bond acceptors (Lipinski definition) is 4. The van der Waals surface area contributed by atoms with Gasteiger partial charge < -0.3 is 19.4 Å². The number of allylic oxidation sites excluding steroid dienone is 2. The number of carbonyl (C=O) groups excluding carboxylic acids is 1. The first-order chi connectivity index (χ1) is 12.6. The molecule has 0 bridgehead atoms. The van der Waals surface area contributed by atoms with Gasteiger partial charge in [0, 0.05) is 31.9 Å². The van der Waals surface area contributed by atoms with E-state index in [0.717, 1.165) is 24.2 Å². The Bertz CT molecular complexity index is 775. The molecule has 1 heterocycles. The molecule has 1 aliphatic carbocycles. The fourth-order valence-corrected chi connectivity index (χ4v) is 3.27. The molecule has 1 aromatic carbocycles. The van der Waals surface area contributed by atoms with E-state index in [-0.39, 0.29) is 11.9 Å². The predicted octanol–water partition coefficient (Wildman–Crippen LogP) is 3.00. The minimum Gasteiger partial charge on any atom is -0.497 e. The van der Waals surface area contributed by atoms with E-state index in [2.05, 4.69) is 22.5 Å². The molecule has 0 unspecified atom stereocenters. The molecule has 0 spiro atoms. The fourth-order valence-electron chi connectivity index (χ4n) is 3.27. The number of imidazole rings is 1. The zero-order valence-electron chi connectivity index (χ0n) is 15.4. The molecule has 1 amide bonds. The topological polar surface area (TPSA) is 65.4 Å². The molecule has 138 valence electrons. The van der Waals surface area contributed by atoms with E-state index in [1.807, 2.05) is 36.0 Å². The molecule has 0 radical (unpaired) electrons. The summed E-state index contributed by atoms with van der Waals surface area (Å²) in [5, 5.41) is 3.14. The summed E-state index contributed by atoms with van der Waals surface area (Å²) in [5.41, 5.74) is 0.866. The second-order valence-corrected chi connectivity index (χ2v) is 6.51. The number of nitrogens with one attached hydrogen (secondary N) is 1. The summed E-state index contributed by atoms with van der Waals surface area (Å²) in [7, 11) is 5.14. The van der Waals surface area contributed by atoms with Crippen LogP contribution in [0.25, 0.3) is 0 Å². The maximum Gasteiger partial charge on any atom is 0.221 e. The van der Waals surface area contributed by atoms with E-state index in [0.29, 0.717) is 23.8 Å². The van der Waals surface area contributed by atoms with E-state index < -0.39 is 0 Å². The molecule has 6 heteroatoms. The van der Waals surface area contributed by atoms with E-state index in [4.69, 9.17) is 9.47 Å². The van der Waals surface area contributed by atoms with Gasteiger partial charge in [0.25, 0.3) is 0 Å². The second kappa shape index (κ2) is 8.08. The van der Waals surface area contributed by atoms with Crippen LogP contribution in [0.5, 0.6) is 11.5 Å². The summed E-state index contributed by atoms with van der Waals surface area (Å²) in [4.78, 5) is 17.1. The summed E-state index contributed by atoms with van der Waals surface area (Å²) in [5.74, 6) is 2.43. The van der Waals surface area contributed by atoms with Gasteiger partial charge in [-0.3, -0.25) is 4.79 Å². The van der Waals surface area contributed by atoms with Crippen molar-refractivity contribution in [2.45, 2.75) is 25.3 Å². The minimum absolute atomic E-state index is 0.0105. The first kappa shape index (κ1) is 18.0. The van der Waals surface area contributed by atoms with Gasteiger partial charge in [-0.2, -0.15) is 0 Å². The van der Waals surface area contributed by atoms with E-state index in [1.165, 1.54) is 0 Å². The van der Waals surface area contributed by atoms with Gasteiger partial charge in [-0.25, -0.2) is 4.98 Å². The lowest BCUT2D eigenvalue weighted by molar-refractivity contribution is -0.122. The molecule has 1 aromatic heterocycles.